The van der Waals surface area contributed by atoms with Crippen molar-refractivity contribution in [1.29, 1.82) is 0 Å². The molecule has 29 heavy (non-hydrogen) atoms. The number of carbonyl (C=O) groups is 3. The number of carbonyl (C=O) groups excluding carboxylic acids is 3. The minimum atomic E-state index is -0.385. The summed E-state index contributed by atoms with van der Waals surface area (Å²) in [5.74, 6) is -0.727. The van der Waals surface area contributed by atoms with E-state index in [0.717, 1.165) is 5.56 Å². The summed E-state index contributed by atoms with van der Waals surface area (Å²) in [5, 5.41) is 2.81. The third kappa shape index (κ3) is 3.73. The molecule has 5 nitrogen and oxygen atoms in total. The number of anilines is 1. The van der Waals surface area contributed by atoms with Gasteiger partial charge in [-0.15, -0.1) is 0 Å². The summed E-state index contributed by atoms with van der Waals surface area (Å²) in [4.78, 5) is 41.4. The molecule has 0 radical (unpaired) electrons. The van der Waals surface area contributed by atoms with Gasteiger partial charge in [0.1, 0.15) is 10.7 Å². The summed E-state index contributed by atoms with van der Waals surface area (Å²) < 4.78 is 0. The molecule has 0 unspecified atom stereocenters. The number of rotatable bonds is 5. The zero-order valence-electron chi connectivity index (χ0n) is 15.2. The van der Waals surface area contributed by atoms with Gasteiger partial charge in [0.25, 0.3) is 0 Å². The van der Waals surface area contributed by atoms with Gasteiger partial charge in [0.05, 0.1) is 0 Å². The van der Waals surface area contributed by atoms with Crippen LogP contribution in [-0.2, 0) is 6.42 Å². The summed E-state index contributed by atoms with van der Waals surface area (Å²) in [6.07, 6.45) is 3.41. The quantitative estimate of drug-likeness (QED) is 0.638. The molecule has 1 N–H and O–H groups in total. The predicted molar refractivity (Wildman–Crippen MR) is 110 cm³/mol. The van der Waals surface area contributed by atoms with E-state index in [2.05, 4.69) is 10.3 Å². The van der Waals surface area contributed by atoms with Crippen LogP contribution in [0.25, 0.3) is 0 Å². The van der Waals surface area contributed by atoms with Gasteiger partial charge in [0.2, 0.25) is 11.6 Å². The Labute approximate surface area is 172 Å². The highest BCUT2D eigenvalue weighted by molar-refractivity contribution is 6.50. The molecular formula is C23H15ClN2O3. The number of allylic oxidation sites excluding steroid dienone is 2. The maximum absolute atomic E-state index is 12.7. The zero-order chi connectivity index (χ0) is 20.4. The minimum Gasteiger partial charge on any atom is -0.351 e. The highest BCUT2D eigenvalue weighted by Crippen LogP contribution is 2.29. The minimum absolute atomic E-state index is 0.0106. The molecule has 1 aliphatic rings. The molecule has 0 spiro atoms. The average Bonchev–Trinajstić information content (AvgIpc) is 2.77. The van der Waals surface area contributed by atoms with Crippen molar-refractivity contribution in [3.8, 4) is 0 Å². The summed E-state index contributed by atoms with van der Waals surface area (Å²) in [7, 11) is 0. The van der Waals surface area contributed by atoms with Crippen molar-refractivity contribution < 1.29 is 14.4 Å². The Hall–Kier alpha value is -3.57. The van der Waals surface area contributed by atoms with E-state index in [0.29, 0.717) is 22.4 Å². The smallest absolute Gasteiger partial charge is 0.211 e. The monoisotopic (exact) mass is 402 g/mol. The molecule has 142 valence electrons. The third-order valence-electron chi connectivity index (χ3n) is 4.65. The molecule has 1 aromatic heterocycles. The van der Waals surface area contributed by atoms with E-state index >= 15 is 0 Å². The van der Waals surface area contributed by atoms with Crippen molar-refractivity contribution in [3.05, 3.63) is 106 Å². The SMILES string of the molecule is O=C(Cc1ccc(NC2=C(Cl)C(=O)c3ccccc3C2=O)cc1)c1ccncc1. The zero-order valence-corrected chi connectivity index (χ0v) is 15.9. The van der Waals surface area contributed by atoms with Gasteiger partial charge in [0, 0.05) is 41.2 Å². The van der Waals surface area contributed by atoms with Crippen molar-refractivity contribution in [1.82, 2.24) is 4.98 Å². The summed E-state index contributed by atoms with van der Waals surface area (Å²) >= 11 is 6.17. The third-order valence-corrected chi connectivity index (χ3v) is 5.01. The lowest BCUT2D eigenvalue weighted by molar-refractivity contribution is 0.0982. The van der Waals surface area contributed by atoms with Crippen molar-refractivity contribution in [3.63, 3.8) is 0 Å². The van der Waals surface area contributed by atoms with Crippen LogP contribution < -0.4 is 5.32 Å². The first kappa shape index (κ1) is 18.8. The largest absolute Gasteiger partial charge is 0.351 e. The fourth-order valence-electron chi connectivity index (χ4n) is 3.13. The molecule has 2 aromatic carbocycles. The number of nitrogens with zero attached hydrogens (tertiary/aromatic N) is 1. The predicted octanol–water partition coefficient (Wildman–Crippen LogP) is 4.45. The first-order valence-corrected chi connectivity index (χ1v) is 9.30. The van der Waals surface area contributed by atoms with Crippen molar-refractivity contribution >= 4 is 34.6 Å². The Morgan fingerprint density at radius 1 is 0.862 bits per heavy atom. The van der Waals surface area contributed by atoms with Crippen LogP contribution in [0.5, 0.6) is 0 Å². The van der Waals surface area contributed by atoms with E-state index in [-0.39, 0.29) is 34.5 Å². The highest BCUT2D eigenvalue weighted by atomic mass is 35.5. The van der Waals surface area contributed by atoms with E-state index in [4.69, 9.17) is 11.6 Å². The van der Waals surface area contributed by atoms with Crippen LogP contribution in [-0.4, -0.2) is 22.3 Å². The molecule has 6 heteroatoms. The number of fused-ring (bicyclic) bond motifs is 1. The number of aromatic nitrogens is 1. The van der Waals surface area contributed by atoms with Gasteiger partial charge in [0.15, 0.2) is 5.78 Å². The van der Waals surface area contributed by atoms with Crippen LogP contribution in [0.2, 0.25) is 0 Å². The van der Waals surface area contributed by atoms with Crippen LogP contribution >= 0.6 is 11.6 Å². The molecule has 0 amide bonds. The van der Waals surface area contributed by atoms with E-state index in [1.165, 1.54) is 0 Å². The summed E-state index contributed by atoms with van der Waals surface area (Å²) in [6, 6.07) is 17.0. The number of hydrogen-bond donors (Lipinski definition) is 1. The molecule has 0 aliphatic heterocycles. The summed E-state index contributed by atoms with van der Waals surface area (Å²) in [6.45, 7) is 0. The Morgan fingerprint density at radius 3 is 2.14 bits per heavy atom. The number of Topliss-reactive ketones (excluding diaryl/α,β-unsaturated/α-hetero) is 3. The molecular weight excluding hydrogens is 388 g/mol. The van der Waals surface area contributed by atoms with Gasteiger partial charge in [-0.2, -0.15) is 0 Å². The van der Waals surface area contributed by atoms with Crippen LogP contribution in [0.1, 0.15) is 36.6 Å². The number of halogens is 1. The molecule has 0 bridgehead atoms. The van der Waals surface area contributed by atoms with Gasteiger partial charge in [-0.05, 0) is 29.8 Å². The molecule has 0 atom stereocenters. The first-order valence-electron chi connectivity index (χ1n) is 8.92. The second-order valence-corrected chi connectivity index (χ2v) is 6.93. The van der Waals surface area contributed by atoms with Gasteiger partial charge < -0.3 is 5.32 Å². The number of hydrogen-bond acceptors (Lipinski definition) is 5. The van der Waals surface area contributed by atoms with Gasteiger partial charge in [-0.1, -0.05) is 48.0 Å². The fourth-order valence-corrected chi connectivity index (χ4v) is 3.37. The fraction of sp³-hybridized carbons (Fsp3) is 0.0435. The molecule has 1 aliphatic carbocycles. The van der Waals surface area contributed by atoms with Crippen molar-refractivity contribution in [2.45, 2.75) is 6.42 Å². The molecule has 1 heterocycles. The molecule has 0 saturated carbocycles. The lowest BCUT2D eigenvalue weighted by Gasteiger charge is -2.19. The first-order chi connectivity index (χ1) is 14.0. The number of pyridine rings is 1. The Balaban J connectivity index is 1.52. The van der Waals surface area contributed by atoms with E-state index in [9.17, 15) is 14.4 Å². The van der Waals surface area contributed by atoms with Crippen LogP contribution in [0, 0.1) is 0 Å². The topological polar surface area (TPSA) is 76.1 Å². The van der Waals surface area contributed by atoms with Crippen molar-refractivity contribution in [2.75, 3.05) is 5.32 Å². The molecule has 4 rings (SSSR count). The summed E-state index contributed by atoms with van der Waals surface area (Å²) in [5.41, 5.74) is 2.70. The molecule has 0 fully saturated rings. The normalized spacial score (nSPS) is 13.3. The van der Waals surface area contributed by atoms with Gasteiger partial charge >= 0.3 is 0 Å². The van der Waals surface area contributed by atoms with Crippen molar-refractivity contribution in [2.24, 2.45) is 0 Å². The number of nitrogens with one attached hydrogen (secondary N) is 1. The van der Waals surface area contributed by atoms with Crippen LogP contribution in [0.15, 0.2) is 83.8 Å². The molecule has 0 saturated heterocycles. The standard InChI is InChI=1S/C23H15ClN2O3/c24-20-21(23(29)18-4-2-1-3-17(18)22(20)28)26-16-7-5-14(6-8-16)13-19(27)15-9-11-25-12-10-15/h1-12,26H,13H2. The highest BCUT2D eigenvalue weighted by Gasteiger charge is 2.31. The maximum Gasteiger partial charge on any atom is 0.211 e. The van der Waals surface area contributed by atoms with E-state index in [1.807, 2.05) is 0 Å². The number of benzene rings is 2. The second kappa shape index (κ2) is 7.81. The average molecular weight is 403 g/mol. The Kier molecular flexibility index (Phi) is 5.06. The van der Waals surface area contributed by atoms with Crippen LogP contribution in [0.3, 0.4) is 0 Å². The second-order valence-electron chi connectivity index (χ2n) is 6.55. The van der Waals surface area contributed by atoms with Gasteiger partial charge in [-0.3, -0.25) is 19.4 Å². The van der Waals surface area contributed by atoms with Gasteiger partial charge in [-0.25, -0.2) is 0 Å². The lowest BCUT2D eigenvalue weighted by Crippen LogP contribution is -2.24. The Bertz CT molecular complexity index is 1150. The van der Waals surface area contributed by atoms with Crippen LogP contribution in [0.4, 0.5) is 5.69 Å². The lowest BCUT2D eigenvalue weighted by atomic mass is 9.92. The van der Waals surface area contributed by atoms with E-state index in [1.54, 1.807) is 73.1 Å². The molecule has 3 aromatic rings. The number of ketones is 3. The maximum atomic E-state index is 12.7. The van der Waals surface area contributed by atoms with E-state index < -0.39 is 0 Å². The Morgan fingerprint density at radius 2 is 1.48 bits per heavy atom.